The summed E-state index contributed by atoms with van der Waals surface area (Å²) >= 11 is 0. The van der Waals surface area contributed by atoms with E-state index in [0.717, 1.165) is 69.4 Å². The number of nitrogens with zero attached hydrogens (tertiary/aromatic N) is 2. The van der Waals surface area contributed by atoms with Gasteiger partial charge in [0.15, 0.2) is 0 Å². The first-order chi connectivity index (χ1) is 13.6. The van der Waals surface area contributed by atoms with Crippen molar-refractivity contribution >= 4 is 5.91 Å². The number of aromatic amines is 1. The highest BCUT2D eigenvalue weighted by molar-refractivity contribution is 5.94. The monoisotopic (exact) mass is 379 g/mol. The van der Waals surface area contributed by atoms with Gasteiger partial charge in [-0.05, 0) is 55.7 Å². The molecule has 28 heavy (non-hydrogen) atoms. The van der Waals surface area contributed by atoms with Gasteiger partial charge in [0.25, 0.3) is 11.5 Å². The number of nitrogens with one attached hydrogen (secondary N) is 1. The summed E-state index contributed by atoms with van der Waals surface area (Å²) in [5, 5.41) is 0. The topological polar surface area (TPSA) is 56.4 Å². The smallest absolute Gasteiger partial charge is 0.261 e. The number of rotatable bonds is 4. The molecule has 1 fully saturated rings. The molecule has 0 unspecified atom stereocenters. The largest absolute Gasteiger partial charge is 0.338 e. The Morgan fingerprint density at radius 1 is 1.14 bits per heavy atom. The number of carbonyl (C=O) groups excluding carboxylic acids is 1. The summed E-state index contributed by atoms with van der Waals surface area (Å²) in [5.41, 5.74) is 3.55. The number of hydrogen-bond donors (Lipinski definition) is 1. The third-order valence-electron chi connectivity index (χ3n) is 6.24. The van der Waals surface area contributed by atoms with Crippen LogP contribution in [0.4, 0.5) is 0 Å². The fraction of sp³-hybridized carbons (Fsp3) is 0.478. The van der Waals surface area contributed by atoms with Crippen molar-refractivity contribution in [3.8, 4) is 0 Å². The molecule has 148 valence electrons. The highest BCUT2D eigenvalue weighted by Crippen LogP contribution is 2.21. The second-order valence-corrected chi connectivity index (χ2v) is 8.13. The molecular formula is C23H29N3O2. The Bertz CT molecular complexity index is 882. The maximum absolute atomic E-state index is 13.0. The summed E-state index contributed by atoms with van der Waals surface area (Å²) < 4.78 is 0. The van der Waals surface area contributed by atoms with Crippen LogP contribution in [0.15, 0.2) is 41.2 Å². The zero-order valence-corrected chi connectivity index (χ0v) is 16.6. The summed E-state index contributed by atoms with van der Waals surface area (Å²) in [6, 6.07) is 12.5. The summed E-state index contributed by atoms with van der Waals surface area (Å²) in [6.07, 6.45) is 5.98. The molecular weight excluding hydrogens is 350 g/mol. The van der Waals surface area contributed by atoms with Crippen molar-refractivity contribution in [2.75, 3.05) is 20.1 Å². The minimum Gasteiger partial charge on any atom is -0.338 e. The number of hydrogen-bond acceptors (Lipinski definition) is 3. The molecule has 1 saturated heterocycles. The van der Waals surface area contributed by atoms with Crippen LogP contribution in [0.5, 0.6) is 0 Å². The van der Waals surface area contributed by atoms with Gasteiger partial charge < -0.3 is 9.88 Å². The van der Waals surface area contributed by atoms with Gasteiger partial charge >= 0.3 is 0 Å². The summed E-state index contributed by atoms with van der Waals surface area (Å²) in [6.45, 7) is 2.89. The van der Waals surface area contributed by atoms with Crippen molar-refractivity contribution in [1.82, 2.24) is 14.8 Å². The van der Waals surface area contributed by atoms with Crippen LogP contribution in [-0.2, 0) is 19.4 Å². The first-order valence-electron chi connectivity index (χ1n) is 10.4. The lowest BCUT2D eigenvalue weighted by Crippen LogP contribution is -2.46. The van der Waals surface area contributed by atoms with Gasteiger partial charge in [-0.3, -0.25) is 14.5 Å². The van der Waals surface area contributed by atoms with E-state index in [-0.39, 0.29) is 17.5 Å². The third kappa shape index (κ3) is 4.04. The van der Waals surface area contributed by atoms with E-state index in [1.165, 1.54) is 5.56 Å². The quantitative estimate of drug-likeness (QED) is 0.889. The van der Waals surface area contributed by atoms with E-state index < -0.39 is 0 Å². The Kier molecular flexibility index (Phi) is 5.62. The number of amides is 1. The molecule has 0 atom stereocenters. The third-order valence-corrected chi connectivity index (χ3v) is 6.24. The lowest BCUT2D eigenvalue weighted by atomic mass is 9.94. The highest BCUT2D eigenvalue weighted by Gasteiger charge is 2.28. The molecule has 0 saturated carbocycles. The van der Waals surface area contributed by atoms with E-state index >= 15 is 0 Å². The van der Waals surface area contributed by atoms with E-state index in [4.69, 9.17) is 0 Å². The van der Waals surface area contributed by atoms with E-state index in [9.17, 15) is 9.59 Å². The molecule has 1 N–H and O–H groups in total. The number of fused-ring (bicyclic) bond motifs is 1. The van der Waals surface area contributed by atoms with Crippen molar-refractivity contribution in [2.45, 2.75) is 51.1 Å². The number of H-pyrrole nitrogens is 1. The number of benzene rings is 1. The molecule has 0 radical (unpaired) electrons. The van der Waals surface area contributed by atoms with Crippen molar-refractivity contribution < 1.29 is 4.79 Å². The number of aryl methyl sites for hydroxylation is 2. The second-order valence-electron chi connectivity index (χ2n) is 8.13. The van der Waals surface area contributed by atoms with Crippen molar-refractivity contribution in [3.05, 3.63) is 69.1 Å². The molecule has 5 nitrogen and oxygen atoms in total. The molecule has 2 heterocycles. The van der Waals surface area contributed by atoms with E-state index in [0.29, 0.717) is 5.56 Å². The van der Waals surface area contributed by atoms with Crippen molar-refractivity contribution in [1.29, 1.82) is 0 Å². The first kappa shape index (κ1) is 18.9. The molecule has 1 amide bonds. The number of aromatic nitrogens is 1. The maximum Gasteiger partial charge on any atom is 0.261 e. The molecule has 0 bridgehead atoms. The van der Waals surface area contributed by atoms with Crippen LogP contribution in [0.3, 0.4) is 0 Å². The van der Waals surface area contributed by atoms with Crippen LogP contribution in [0.25, 0.3) is 0 Å². The van der Waals surface area contributed by atoms with Crippen LogP contribution in [-0.4, -0.2) is 46.9 Å². The maximum atomic E-state index is 13.0. The molecule has 0 spiro atoms. The summed E-state index contributed by atoms with van der Waals surface area (Å²) in [5.74, 6) is -0.142. The SMILES string of the molecule is CN(C(=O)c1cc2c([nH]c1=O)CCCC2)C1CCN(Cc2ccccc2)CC1. The standard InChI is InChI=1S/C23H29N3O2/c1-25(19-11-13-26(14-12-19)16-17-7-3-2-4-8-17)23(28)20-15-18-9-5-6-10-21(18)24-22(20)27/h2-4,7-8,15,19H,5-6,9-14,16H2,1H3,(H,24,27). The van der Waals surface area contributed by atoms with Crippen molar-refractivity contribution in [3.63, 3.8) is 0 Å². The highest BCUT2D eigenvalue weighted by atomic mass is 16.2. The van der Waals surface area contributed by atoms with Crippen LogP contribution in [0.2, 0.25) is 0 Å². The van der Waals surface area contributed by atoms with E-state index in [2.05, 4.69) is 34.1 Å². The Morgan fingerprint density at radius 3 is 2.61 bits per heavy atom. The average Bonchev–Trinajstić information content (AvgIpc) is 2.73. The Morgan fingerprint density at radius 2 is 1.86 bits per heavy atom. The van der Waals surface area contributed by atoms with Gasteiger partial charge in [0, 0.05) is 38.4 Å². The molecule has 2 aliphatic rings. The van der Waals surface area contributed by atoms with Gasteiger partial charge in [0.05, 0.1) is 0 Å². The Labute approximate surface area is 166 Å². The summed E-state index contributed by atoms with van der Waals surface area (Å²) in [4.78, 5) is 32.7. The first-order valence-corrected chi connectivity index (χ1v) is 10.4. The minimum atomic E-state index is -0.237. The zero-order valence-electron chi connectivity index (χ0n) is 16.6. The number of pyridine rings is 1. The predicted octanol–water partition coefficient (Wildman–Crippen LogP) is 2.99. The minimum absolute atomic E-state index is 0.142. The predicted molar refractivity (Wildman–Crippen MR) is 111 cm³/mol. The number of likely N-dealkylation sites (tertiary alicyclic amines) is 1. The molecule has 1 aromatic heterocycles. The Balaban J connectivity index is 1.39. The molecule has 2 aromatic rings. The lowest BCUT2D eigenvalue weighted by Gasteiger charge is -2.36. The van der Waals surface area contributed by atoms with Gasteiger partial charge in [0.1, 0.15) is 5.56 Å². The fourth-order valence-corrected chi connectivity index (χ4v) is 4.50. The molecule has 1 aromatic carbocycles. The normalized spacial score (nSPS) is 17.9. The molecule has 4 rings (SSSR count). The van der Waals surface area contributed by atoms with Gasteiger partial charge in [-0.25, -0.2) is 0 Å². The zero-order chi connectivity index (χ0) is 19.5. The second kappa shape index (κ2) is 8.31. The Hall–Kier alpha value is -2.40. The lowest BCUT2D eigenvalue weighted by molar-refractivity contribution is 0.0634. The van der Waals surface area contributed by atoms with E-state index in [1.54, 1.807) is 4.90 Å². The van der Waals surface area contributed by atoms with Crippen LogP contribution in [0, 0.1) is 0 Å². The molecule has 5 heteroatoms. The average molecular weight is 380 g/mol. The fourth-order valence-electron chi connectivity index (χ4n) is 4.50. The number of piperidine rings is 1. The van der Waals surface area contributed by atoms with Gasteiger partial charge in [-0.2, -0.15) is 0 Å². The van der Waals surface area contributed by atoms with E-state index in [1.807, 2.05) is 19.2 Å². The molecule has 1 aliphatic carbocycles. The van der Waals surface area contributed by atoms with Crippen LogP contribution >= 0.6 is 0 Å². The van der Waals surface area contributed by atoms with Crippen LogP contribution < -0.4 is 5.56 Å². The van der Waals surface area contributed by atoms with Crippen molar-refractivity contribution in [2.24, 2.45) is 0 Å². The number of carbonyl (C=O) groups is 1. The molecule has 1 aliphatic heterocycles. The summed E-state index contributed by atoms with van der Waals surface area (Å²) in [7, 11) is 1.85. The van der Waals surface area contributed by atoms with Crippen LogP contribution in [0.1, 0.15) is 52.9 Å². The van der Waals surface area contributed by atoms with Gasteiger partial charge in [-0.1, -0.05) is 30.3 Å². The van der Waals surface area contributed by atoms with Gasteiger partial charge in [0.2, 0.25) is 0 Å². The van der Waals surface area contributed by atoms with Gasteiger partial charge in [-0.15, -0.1) is 0 Å².